The average molecular weight is 218 g/mol. The monoisotopic (exact) mass is 218 g/mol. The Bertz CT molecular complexity index is 208. The highest BCUT2D eigenvalue weighted by Gasteiger charge is 2.40. The number of carboxylic acid groups (broad SMARTS) is 1. The summed E-state index contributed by atoms with van der Waals surface area (Å²) in [5, 5.41) is 9.14. The van der Waals surface area contributed by atoms with Crippen LogP contribution in [0.2, 0.25) is 0 Å². The predicted molar refractivity (Wildman–Crippen MR) is 59.3 cm³/mol. The molecule has 1 heterocycles. The first-order valence-corrected chi connectivity index (χ1v) is 6.31. The first-order valence-electron chi connectivity index (χ1n) is 4.34. The number of thioether (sulfide) groups is 2. The van der Waals surface area contributed by atoms with Gasteiger partial charge in [-0.25, -0.2) is 4.79 Å². The fraction of sp³-hybridized carbons (Fsp3) is 0.667. The van der Waals surface area contributed by atoms with Crippen molar-refractivity contribution in [2.75, 3.05) is 11.5 Å². The van der Waals surface area contributed by atoms with Crippen molar-refractivity contribution in [1.29, 1.82) is 0 Å². The van der Waals surface area contributed by atoms with Crippen LogP contribution in [-0.2, 0) is 4.79 Å². The lowest BCUT2D eigenvalue weighted by Gasteiger charge is -2.30. The molecule has 13 heavy (non-hydrogen) atoms. The molecule has 0 unspecified atom stereocenters. The van der Waals surface area contributed by atoms with Crippen LogP contribution in [0.1, 0.15) is 19.8 Å². The van der Waals surface area contributed by atoms with E-state index in [4.69, 9.17) is 5.11 Å². The Hall–Kier alpha value is -0.0900. The Morgan fingerprint density at radius 3 is 2.62 bits per heavy atom. The highest BCUT2D eigenvalue weighted by Crippen LogP contribution is 2.45. The van der Waals surface area contributed by atoms with Gasteiger partial charge in [-0.05, 0) is 31.3 Å². The number of aliphatic carboxylic acids is 1. The Morgan fingerprint density at radius 2 is 2.15 bits per heavy atom. The summed E-state index contributed by atoms with van der Waals surface area (Å²) < 4.78 is -0.606. The summed E-state index contributed by atoms with van der Waals surface area (Å²) in [6.45, 7) is 1.92. The van der Waals surface area contributed by atoms with E-state index in [2.05, 4.69) is 0 Å². The van der Waals surface area contributed by atoms with Crippen molar-refractivity contribution in [2.24, 2.45) is 0 Å². The van der Waals surface area contributed by atoms with Crippen molar-refractivity contribution >= 4 is 29.5 Å². The van der Waals surface area contributed by atoms with Crippen molar-refractivity contribution in [2.45, 2.75) is 23.8 Å². The lowest BCUT2D eigenvalue weighted by atomic mass is 10.3. The number of hydrogen-bond donors (Lipinski definition) is 1. The van der Waals surface area contributed by atoms with Crippen LogP contribution >= 0.6 is 23.5 Å². The van der Waals surface area contributed by atoms with Gasteiger partial charge in [-0.1, -0.05) is 12.2 Å². The number of carbonyl (C=O) groups is 1. The second-order valence-electron chi connectivity index (χ2n) is 2.88. The molecule has 0 amide bonds. The molecule has 1 aliphatic heterocycles. The molecule has 0 bridgehead atoms. The van der Waals surface area contributed by atoms with E-state index in [0.717, 1.165) is 17.9 Å². The summed E-state index contributed by atoms with van der Waals surface area (Å²) in [5.74, 6) is 1.26. The topological polar surface area (TPSA) is 37.3 Å². The Morgan fingerprint density at radius 1 is 1.54 bits per heavy atom. The molecule has 0 aliphatic carbocycles. The van der Waals surface area contributed by atoms with Gasteiger partial charge in [-0.15, -0.1) is 23.5 Å². The van der Waals surface area contributed by atoms with Crippen molar-refractivity contribution in [3.05, 3.63) is 12.2 Å². The number of carboxylic acids is 1. The minimum Gasteiger partial charge on any atom is -0.480 e. The molecule has 1 N–H and O–H groups in total. The first-order chi connectivity index (χ1) is 6.21. The van der Waals surface area contributed by atoms with Gasteiger partial charge < -0.3 is 5.11 Å². The minimum atomic E-state index is -0.680. The van der Waals surface area contributed by atoms with Crippen LogP contribution in [0, 0.1) is 0 Å². The quantitative estimate of drug-likeness (QED) is 0.739. The third kappa shape index (κ3) is 2.68. The number of rotatable bonds is 3. The first kappa shape index (κ1) is 11.0. The molecule has 0 aromatic carbocycles. The molecular weight excluding hydrogens is 204 g/mol. The molecular formula is C9H14O2S2. The Kier molecular flexibility index (Phi) is 4.19. The second-order valence-corrected chi connectivity index (χ2v) is 5.93. The molecule has 0 spiro atoms. The van der Waals surface area contributed by atoms with Gasteiger partial charge in [0.2, 0.25) is 0 Å². The largest absolute Gasteiger partial charge is 0.480 e. The predicted octanol–water partition coefficient (Wildman–Crippen LogP) is 2.60. The van der Waals surface area contributed by atoms with E-state index in [1.54, 1.807) is 23.5 Å². The number of hydrogen-bond acceptors (Lipinski definition) is 3. The standard InChI is InChI=1S/C9H14O2S2/c1-2-3-5-9(8(10)11)12-6-4-7-13-9/h2-3H,4-7H2,1H3,(H,10,11)/b3-2+. The van der Waals surface area contributed by atoms with Crippen LogP contribution in [0.25, 0.3) is 0 Å². The van der Waals surface area contributed by atoms with Gasteiger partial charge in [0.1, 0.15) is 0 Å². The molecule has 74 valence electrons. The van der Waals surface area contributed by atoms with E-state index >= 15 is 0 Å². The molecule has 2 nitrogen and oxygen atoms in total. The molecule has 0 aromatic heterocycles. The third-order valence-corrected chi connectivity index (χ3v) is 5.22. The van der Waals surface area contributed by atoms with Crippen molar-refractivity contribution in [3.8, 4) is 0 Å². The van der Waals surface area contributed by atoms with E-state index in [-0.39, 0.29) is 0 Å². The van der Waals surface area contributed by atoms with Crippen molar-refractivity contribution in [1.82, 2.24) is 0 Å². The van der Waals surface area contributed by atoms with Crippen LogP contribution in [0.3, 0.4) is 0 Å². The highest BCUT2D eigenvalue weighted by molar-refractivity contribution is 8.19. The highest BCUT2D eigenvalue weighted by atomic mass is 32.2. The van der Waals surface area contributed by atoms with E-state index in [9.17, 15) is 4.79 Å². The molecule has 1 rings (SSSR count). The van der Waals surface area contributed by atoms with Gasteiger partial charge in [0.25, 0.3) is 0 Å². The minimum absolute atomic E-state index is 0.606. The molecule has 4 heteroatoms. The zero-order valence-electron chi connectivity index (χ0n) is 7.66. The van der Waals surface area contributed by atoms with Crippen molar-refractivity contribution in [3.63, 3.8) is 0 Å². The van der Waals surface area contributed by atoms with Gasteiger partial charge in [0, 0.05) is 0 Å². The maximum absolute atomic E-state index is 11.1. The van der Waals surface area contributed by atoms with Crippen LogP contribution in [0.15, 0.2) is 12.2 Å². The molecule has 0 saturated carbocycles. The maximum atomic E-state index is 11.1. The van der Waals surface area contributed by atoms with E-state index < -0.39 is 10.0 Å². The summed E-state index contributed by atoms with van der Waals surface area (Å²) >= 11 is 3.14. The molecule has 1 saturated heterocycles. The normalized spacial score (nSPS) is 21.9. The van der Waals surface area contributed by atoms with Gasteiger partial charge >= 0.3 is 5.97 Å². The number of allylic oxidation sites excluding steroid dienone is 2. The van der Waals surface area contributed by atoms with Crippen molar-refractivity contribution < 1.29 is 9.90 Å². The summed E-state index contributed by atoms with van der Waals surface area (Å²) in [4.78, 5) is 11.1. The smallest absolute Gasteiger partial charge is 0.330 e. The van der Waals surface area contributed by atoms with Gasteiger partial charge in [-0.2, -0.15) is 0 Å². The summed E-state index contributed by atoms with van der Waals surface area (Å²) in [5.41, 5.74) is 0. The SMILES string of the molecule is C/C=C/CC1(C(=O)O)SCCCS1. The summed E-state index contributed by atoms with van der Waals surface area (Å²) in [7, 11) is 0. The van der Waals surface area contributed by atoms with Crippen LogP contribution in [0.5, 0.6) is 0 Å². The van der Waals surface area contributed by atoms with E-state index in [1.807, 2.05) is 19.1 Å². The molecule has 1 fully saturated rings. The van der Waals surface area contributed by atoms with Crippen LogP contribution in [0.4, 0.5) is 0 Å². The second kappa shape index (κ2) is 4.96. The average Bonchev–Trinajstić information content (AvgIpc) is 2.16. The lowest BCUT2D eigenvalue weighted by molar-refractivity contribution is -0.137. The van der Waals surface area contributed by atoms with E-state index in [1.165, 1.54) is 0 Å². The van der Waals surface area contributed by atoms with Crippen LogP contribution in [-0.4, -0.2) is 26.7 Å². The lowest BCUT2D eigenvalue weighted by Crippen LogP contribution is -2.34. The van der Waals surface area contributed by atoms with E-state index in [0.29, 0.717) is 6.42 Å². The molecule has 0 atom stereocenters. The maximum Gasteiger partial charge on any atom is 0.330 e. The zero-order chi connectivity index (χ0) is 9.73. The van der Waals surface area contributed by atoms with Gasteiger partial charge in [0.15, 0.2) is 4.08 Å². The molecule has 0 aromatic rings. The fourth-order valence-corrected chi connectivity index (χ4v) is 4.10. The Balaban J connectivity index is 2.67. The zero-order valence-corrected chi connectivity index (χ0v) is 9.29. The Labute approximate surface area is 87.2 Å². The summed E-state index contributed by atoms with van der Waals surface area (Å²) in [6.07, 6.45) is 5.62. The third-order valence-electron chi connectivity index (χ3n) is 1.91. The fourth-order valence-electron chi connectivity index (χ4n) is 1.18. The summed E-state index contributed by atoms with van der Waals surface area (Å²) in [6, 6.07) is 0. The van der Waals surface area contributed by atoms with Gasteiger partial charge in [0.05, 0.1) is 0 Å². The molecule has 1 aliphatic rings. The van der Waals surface area contributed by atoms with Crippen LogP contribution < -0.4 is 0 Å². The molecule has 0 radical (unpaired) electrons. The van der Waals surface area contributed by atoms with Gasteiger partial charge in [-0.3, -0.25) is 0 Å².